The lowest BCUT2D eigenvalue weighted by molar-refractivity contribution is -0.253. The summed E-state index contributed by atoms with van der Waals surface area (Å²) in [7, 11) is 0. The van der Waals surface area contributed by atoms with Crippen LogP contribution in [0.1, 0.15) is 152 Å². The Morgan fingerprint density at radius 1 is 0.857 bits per heavy atom. The van der Waals surface area contributed by atoms with E-state index in [1.54, 1.807) is 0 Å². The Balaban J connectivity index is 0.943. The second kappa shape index (κ2) is 12.4. The van der Waals surface area contributed by atoms with Crippen LogP contribution in [0.2, 0.25) is 0 Å². The van der Waals surface area contributed by atoms with Crippen molar-refractivity contribution in [3.8, 4) is 0 Å². The van der Waals surface area contributed by atoms with Crippen molar-refractivity contribution in [1.29, 1.82) is 0 Å². The molecule has 8 rings (SSSR count). The number of rotatable bonds is 8. The average molecular weight is 684 g/mol. The van der Waals surface area contributed by atoms with Crippen LogP contribution in [0.5, 0.6) is 0 Å². The highest BCUT2D eigenvalue weighted by atomic mass is 16.7. The molecule has 6 saturated carbocycles. The van der Waals surface area contributed by atoms with Crippen LogP contribution in [-0.4, -0.2) is 78.2 Å². The first-order chi connectivity index (χ1) is 23.2. The smallest absolute Gasteiger partial charge is 0.170 e. The molecule has 2 saturated heterocycles. The number of hydrogen-bond acceptors (Lipinski definition) is 6. The third-order valence-electron chi connectivity index (χ3n) is 17.7. The minimum atomic E-state index is -0.894. The SMILES string of the molecule is CCO[C@@H](C1CCC2C(CC3C4CC[C@H]5C(C)(C)[C@@H](OC6CN(C(C)(C)C7CCCCC7)CCO6)CC[C@@]56C[C@@]46CC[C@]23C)O1)C(C)(C)O. The summed E-state index contributed by atoms with van der Waals surface area (Å²) in [5.74, 6) is 3.81. The van der Waals surface area contributed by atoms with E-state index < -0.39 is 5.60 Å². The zero-order valence-corrected chi connectivity index (χ0v) is 32.7. The van der Waals surface area contributed by atoms with Crippen molar-refractivity contribution in [2.45, 2.75) is 194 Å². The number of fused-ring (bicyclic) bond motifs is 4. The summed E-state index contributed by atoms with van der Waals surface area (Å²) >= 11 is 0. The van der Waals surface area contributed by atoms with Crippen LogP contribution in [-0.2, 0) is 18.9 Å². The molecule has 280 valence electrons. The Morgan fingerprint density at radius 3 is 2.35 bits per heavy atom. The standard InChI is InChI=1S/C43H73NO5/c1-9-46-37(40(6,7)45)32-17-15-30-33(48-32)25-31-29-16-18-34-38(2,3)35(19-20-43(34)27-42(29,43)22-21-41(30,31)8)49-36-26-44(23-24-47-36)39(4,5)28-13-11-10-12-14-28/h28-37,45H,9-27H2,1-8H3/t29?,30?,31?,32?,33?,34-,35-,36?,37-,41+,42-,43+/m0/s1. The predicted molar refractivity (Wildman–Crippen MR) is 194 cm³/mol. The molecule has 0 aromatic carbocycles. The lowest BCUT2D eigenvalue weighted by Gasteiger charge is -2.60. The van der Waals surface area contributed by atoms with Gasteiger partial charge in [-0.05, 0) is 163 Å². The zero-order chi connectivity index (χ0) is 34.6. The molecular formula is C43H73NO5. The van der Waals surface area contributed by atoms with Gasteiger partial charge in [0.1, 0.15) is 6.10 Å². The molecule has 8 aliphatic rings. The molecule has 6 aliphatic carbocycles. The molecule has 1 N–H and O–H groups in total. The Morgan fingerprint density at radius 2 is 1.61 bits per heavy atom. The van der Waals surface area contributed by atoms with Gasteiger partial charge in [0.25, 0.3) is 0 Å². The molecular weight excluding hydrogens is 610 g/mol. The fourth-order valence-electron chi connectivity index (χ4n) is 15.1. The van der Waals surface area contributed by atoms with Crippen molar-refractivity contribution in [1.82, 2.24) is 4.90 Å². The van der Waals surface area contributed by atoms with Gasteiger partial charge in [0.15, 0.2) is 6.29 Å². The molecule has 0 amide bonds. The molecule has 0 radical (unpaired) electrons. The van der Waals surface area contributed by atoms with E-state index in [0.717, 1.165) is 49.8 Å². The van der Waals surface area contributed by atoms with Crippen molar-refractivity contribution in [2.75, 3.05) is 26.3 Å². The van der Waals surface area contributed by atoms with Crippen LogP contribution in [0.4, 0.5) is 0 Å². The zero-order valence-electron chi connectivity index (χ0n) is 32.7. The normalized spacial score (nSPS) is 47.7. The largest absolute Gasteiger partial charge is 0.388 e. The number of morpholine rings is 1. The summed E-state index contributed by atoms with van der Waals surface area (Å²) in [4.78, 5) is 2.72. The summed E-state index contributed by atoms with van der Waals surface area (Å²) < 4.78 is 26.7. The van der Waals surface area contributed by atoms with Gasteiger partial charge in [-0.1, -0.05) is 40.0 Å². The molecule has 0 bridgehead atoms. The summed E-state index contributed by atoms with van der Waals surface area (Å²) in [6, 6.07) is 0. The highest BCUT2D eigenvalue weighted by Gasteiger charge is 2.80. The average Bonchev–Trinajstić information content (AvgIpc) is 3.64. The number of aliphatic hydroxyl groups is 1. The van der Waals surface area contributed by atoms with Gasteiger partial charge in [-0.3, -0.25) is 4.90 Å². The van der Waals surface area contributed by atoms with E-state index >= 15 is 0 Å². The molecule has 2 heterocycles. The molecule has 6 nitrogen and oxygen atoms in total. The molecule has 2 spiro atoms. The van der Waals surface area contributed by atoms with Crippen LogP contribution in [0, 0.1) is 51.2 Å². The van der Waals surface area contributed by atoms with E-state index in [4.69, 9.17) is 18.9 Å². The second-order valence-electron chi connectivity index (χ2n) is 20.7. The van der Waals surface area contributed by atoms with Crippen molar-refractivity contribution in [2.24, 2.45) is 51.2 Å². The summed E-state index contributed by atoms with van der Waals surface area (Å²) in [5.41, 5.74) is 0.942. The highest BCUT2D eigenvalue weighted by molar-refractivity contribution is 5.29. The Labute approximate surface area is 299 Å². The van der Waals surface area contributed by atoms with Crippen molar-refractivity contribution >= 4 is 0 Å². The Kier molecular flexibility index (Phi) is 9.05. The van der Waals surface area contributed by atoms with Crippen molar-refractivity contribution in [3.63, 3.8) is 0 Å². The van der Waals surface area contributed by atoms with Crippen LogP contribution < -0.4 is 0 Å². The van der Waals surface area contributed by atoms with Crippen molar-refractivity contribution < 1.29 is 24.1 Å². The third-order valence-corrected chi connectivity index (χ3v) is 17.7. The van der Waals surface area contributed by atoms with E-state index in [9.17, 15) is 5.11 Å². The first kappa shape index (κ1) is 35.8. The fraction of sp³-hybridized carbons (Fsp3) is 1.00. The van der Waals surface area contributed by atoms with E-state index in [1.165, 1.54) is 89.9 Å². The molecule has 0 aromatic rings. The molecule has 6 unspecified atom stereocenters. The van der Waals surface area contributed by atoms with Gasteiger partial charge < -0.3 is 24.1 Å². The fourth-order valence-corrected chi connectivity index (χ4v) is 15.1. The molecule has 2 aliphatic heterocycles. The minimum absolute atomic E-state index is 0.00320. The van der Waals surface area contributed by atoms with E-state index in [-0.39, 0.29) is 35.6 Å². The predicted octanol–water partition coefficient (Wildman–Crippen LogP) is 8.77. The maximum Gasteiger partial charge on any atom is 0.170 e. The maximum atomic E-state index is 11.0. The quantitative estimate of drug-likeness (QED) is 0.276. The first-order valence-electron chi connectivity index (χ1n) is 21.2. The number of ether oxygens (including phenoxy) is 4. The monoisotopic (exact) mass is 684 g/mol. The summed E-state index contributed by atoms with van der Waals surface area (Å²) in [6.07, 6.45) is 20.2. The Hall–Kier alpha value is -0.240. The van der Waals surface area contributed by atoms with Crippen LogP contribution in [0.3, 0.4) is 0 Å². The van der Waals surface area contributed by atoms with E-state index in [1.807, 2.05) is 20.8 Å². The van der Waals surface area contributed by atoms with Gasteiger partial charge in [-0.25, -0.2) is 0 Å². The Bertz CT molecular complexity index is 1210. The minimum Gasteiger partial charge on any atom is -0.388 e. The van der Waals surface area contributed by atoms with Crippen LogP contribution in [0.15, 0.2) is 0 Å². The van der Waals surface area contributed by atoms with Crippen LogP contribution in [0.25, 0.3) is 0 Å². The van der Waals surface area contributed by atoms with Crippen molar-refractivity contribution in [3.05, 3.63) is 0 Å². The molecule has 8 fully saturated rings. The maximum absolute atomic E-state index is 11.0. The topological polar surface area (TPSA) is 60.4 Å². The van der Waals surface area contributed by atoms with Gasteiger partial charge >= 0.3 is 0 Å². The molecule has 12 atom stereocenters. The lowest BCUT2D eigenvalue weighted by atomic mass is 9.46. The molecule has 6 heteroatoms. The van der Waals surface area contributed by atoms with Gasteiger partial charge in [0.2, 0.25) is 0 Å². The third kappa shape index (κ3) is 5.51. The highest BCUT2D eigenvalue weighted by Crippen LogP contribution is 2.87. The number of nitrogens with zero attached hydrogens (tertiary/aromatic N) is 1. The van der Waals surface area contributed by atoms with Crippen LogP contribution >= 0.6 is 0 Å². The van der Waals surface area contributed by atoms with Gasteiger partial charge in [-0.2, -0.15) is 0 Å². The number of hydrogen-bond donors (Lipinski definition) is 1. The van der Waals surface area contributed by atoms with E-state index in [0.29, 0.717) is 34.9 Å². The lowest BCUT2D eigenvalue weighted by Crippen LogP contribution is -2.59. The van der Waals surface area contributed by atoms with E-state index in [2.05, 4.69) is 39.5 Å². The molecule has 0 aromatic heterocycles. The van der Waals surface area contributed by atoms with Gasteiger partial charge in [0, 0.05) is 18.7 Å². The van der Waals surface area contributed by atoms with Gasteiger partial charge in [0.05, 0.1) is 37.1 Å². The summed E-state index contributed by atoms with van der Waals surface area (Å²) in [6.45, 7) is 22.0. The molecule has 49 heavy (non-hydrogen) atoms. The van der Waals surface area contributed by atoms with Gasteiger partial charge in [-0.15, -0.1) is 0 Å². The first-order valence-corrected chi connectivity index (χ1v) is 21.2. The summed E-state index contributed by atoms with van der Waals surface area (Å²) in [5, 5.41) is 11.0. The second-order valence-corrected chi connectivity index (χ2v) is 20.7.